The number of fused-ring (bicyclic) bond motifs is 5. The number of carbonyl (C=O) groups excluding carboxylic acids is 4. The Morgan fingerprint density at radius 3 is 2.07 bits per heavy atom. The van der Waals surface area contributed by atoms with Gasteiger partial charge in [-0.05, 0) is 98.7 Å². The lowest BCUT2D eigenvalue weighted by molar-refractivity contribution is -0.137. The summed E-state index contributed by atoms with van der Waals surface area (Å²) in [6.07, 6.45) is 5.80. The number of aromatic nitrogens is 5. The number of carbonyl (C=O) groups is 4. The van der Waals surface area contributed by atoms with Crippen LogP contribution in [0.2, 0.25) is 0 Å². The van der Waals surface area contributed by atoms with Crippen molar-refractivity contribution in [3.05, 3.63) is 88.1 Å². The first-order chi connectivity index (χ1) is 34.3. The van der Waals surface area contributed by atoms with E-state index in [0.29, 0.717) is 91.4 Å². The van der Waals surface area contributed by atoms with E-state index in [1.165, 1.54) is 25.2 Å². The van der Waals surface area contributed by atoms with Crippen LogP contribution in [-0.4, -0.2) is 111 Å². The number of hydrogen-bond acceptors (Lipinski definition) is 11. The first-order valence-corrected chi connectivity index (χ1v) is 25.4. The second kappa shape index (κ2) is 19.8. The maximum absolute atomic E-state index is 17.0. The zero-order chi connectivity index (χ0) is 49.7. The number of amides is 4. The Balaban J connectivity index is 0.955. The number of thiophene rings is 1. The molecule has 8 heterocycles. The summed E-state index contributed by atoms with van der Waals surface area (Å²) in [5.74, 6) is 0.836. The number of ether oxygens (including phenoxy) is 4. The van der Waals surface area contributed by atoms with E-state index in [2.05, 4.69) is 57.2 Å². The summed E-state index contributed by atoms with van der Waals surface area (Å²) in [6, 6.07) is 13.5. The molecular weight excluding hydrogens is 930 g/mol. The first kappa shape index (κ1) is 47.9. The molecule has 0 spiro atoms. The average molecular weight is 990 g/mol. The fourth-order valence-electron chi connectivity index (χ4n) is 10.7. The van der Waals surface area contributed by atoms with Gasteiger partial charge in [-0.25, -0.2) is 23.9 Å². The summed E-state index contributed by atoms with van der Waals surface area (Å²) in [6.45, 7) is 10.2. The Morgan fingerprint density at radius 1 is 0.789 bits per heavy atom. The van der Waals surface area contributed by atoms with Crippen molar-refractivity contribution in [1.82, 2.24) is 44.9 Å². The summed E-state index contributed by atoms with van der Waals surface area (Å²) in [5.41, 5.74) is 4.62. The third-order valence-corrected chi connectivity index (χ3v) is 15.9. The lowest BCUT2D eigenvalue weighted by Crippen LogP contribution is -2.53. The molecule has 6 aromatic rings. The number of likely N-dealkylation sites (tertiary alicyclic amines) is 2. The van der Waals surface area contributed by atoms with Crippen molar-refractivity contribution < 1.29 is 42.5 Å². The molecule has 0 bridgehead atoms. The molecule has 2 aromatic carbocycles. The molecule has 1 unspecified atom stereocenters. The maximum atomic E-state index is 17.0. The Kier molecular flexibility index (Phi) is 13.4. The van der Waals surface area contributed by atoms with Crippen LogP contribution in [0.15, 0.2) is 60.9 Å². The second-order valence-electron chi connectivity index (χ2n) is 19.5. The molecule has 71 heavy (non-hydrogen) atoms. The van der Waals surface area contributed by atoms with Crippen LogP contribution < -0.4 is 15.4 Å². The highest BCUT2D eigenvalue weighted by molar-refractivity contribution is 7.12. The zero-order valence-electron chi connectivity index (χ0n) is 40.8. The van der Waals surface area contributed by atoms with Crippen molar-refractivity contribution in [1.29, 1.82) is 0 Å². The summed E-state index contributed by atoms with van der Waals surface area (Å²) in [7, 11) is 2.56. The van der Waals surface area contributed by atoms with Gasteiger partial charge >= 0.3 is 12.2 Å². The van der Waals surface area contributed by atoms with Gasteiger partial charge < -0.3 is 49.3 Å². The molecular formula is C52H60FN9O8S. The molecule has 4 aromatic heterocycles. The minimum atomic E-state index is -0.773. The predicted octanol–water partition coefficient (Wildman–Crippen LogP) is 9.21. The standard InChI is InChI=1S/C52H60FN9O8S/c1-27(2)41-13-14-42(71-41)50-62-36-12-11-30(34-25-54-46(56-34)38-10-8-18-61(38)49(64)45(59-52(66)68-6)29-15-19-69-20-16-29)21-32(36)23-39(62)43-33(53)22-31(24-40(43)70-50)35-26-55-47(57-35)37-9-7-17-60(37)48(63)44(28(3)4)58-51(65)67-5/h11-14,21-29,37-38,44-45,50H,7-10,15-20H2,1-6H3,(H,54,56)(H,55,57)(H,58,65)(H,59,66)/t37-,38-,44-,45-,50?/m0/s1. The van der Waals surface area contributed by atoms with Crippen LogP contribution >= 0.6 is 11.3 Å². The van der Waals surface area contributed by atoms with Gasteiger partial charge in [-0.2, -0.15) is 0 Å². The molecule has 4 aliphatic rings. The molecule has 10 rings (SSSR count). The molecule has 4 amide bonds. The molecule has 4 aliphatic heterocycles. The number of alkyl carbamates (subject to hydrolysis) is 2. The number of halogens is 1. The number of imidazole rings is 2. The summed E-state index contributed by atoms with van der Waals surface area (Å²) >= 11 is 1.67. The first-order valence-electron chi connectivity index (χ1n) is 24.5. The van der Waals surface area contributed by atoms with E-state index in [-0.39, 0.29) is 35.7 Å². The van der Waals surface area contributed by atoms with Gasteiger partial charge in [0.05, 0.1) is 71.7 Å². The molecule has 4 N–H and O–H groups in total. The molecule has 374 valence electrons. The van der Waals surface area contributed by atoms with Crippen molar-refractivity contribution in [2.45, 2.75) is 103 Å². The molecule has 0 radical (unpaired) electrons. The van der Waals surface area contributed by atoms with Crippen LogP contribution in [0.4, 0.5) is 14.0 Å². The summed E-state index contributed by atoms with van der Waals surface area (Å²) in [4.78, 5) is 74.8. The molecule has 3 fully saturated rings. The minimum Gasteiger partial charge on any atom is -0.464 e. The molecule has 3 saturated heterocycles. The minimum absolute atomic E-state index is 0.0746. The second-order valence-corrected chi connectivity index (χ2v) is 20.7. The highest BCUT2D eigenvalue weighted by Gasteiger charge is 2.41. The molecule has 17 nitrogen and oxygen atoms in total. The van der Waals surface area contributed by atoms with Crippen LogP contribution in [-0.2, 0) is 23.8 Å². The van der Waals surface area contributed by atoms with Crippen molar-refractivity contribution >= 4 is 46.2 Å². The monoisotopic (exact) mass is 989 g/mol. The van der Waals surface area contributed by atoms with Gasteiger partial charge in [0, 0.05) is 47.7 Å². The fourth-order valence-corrected chi connectivity index (χ4v) is 11.7. The average Bonchev–Trinajstić information content (AvgIpc) is 4.24. The van der Waals surface area contributed by atoms with Crippen molar-refractivity contribution in [3.63, 3.8) is 0 Å². The third-order valence-electron chi connectivity index (χ3n) is 14.5. The number of rotatable bonds is 12. The highest BCUT2D eigenvalue weighted by Crippen LogP contribution is 2.49. The van der Waals surface area contributed by atoms with E-state index >= 15 is 4.39 Å². The zero-order valence-corrected chi connectivity index (χ0v) is 41.6. The molecule has 5 atom stereocenters. The van der Waals surface area contributed by atoms with Gasteiger partial charge in [0.1, 0.15) is 35.3 Å². The van der Waals surface area contributed by atoms with Crippen LogP contribution in [0.3, 0.4) is 0 Å². The SMILES string of the molecule is COC(=O)N[C@H](C(=O)N1CCC[C@H]1c1ncc(-c2cc(F)c3c(c2)OC(c2ccc(C(C)C)s2)n2c-3cc3cc(-c4cnc([C@@H]5CCCN5C(=O)[C@@H](NC(=O)OC)C5CCOCC5)[nH]4)ccc32)[nH]1)C(C)C. The van der Waals surface area contributed by atoms with E-state index in [4.69, 9.17) is 28.9 Å². The van der Waals surface area contributed by atoms with E-state index in [1.807, 2.05) is 43.0 Å². The number of nitrogens with one attached hydrogen (secondary N) is 4. The third kappa shape index (κ3) is 9.13. The number of hydrogen-bond donors (Lipinski definition) is 4. The lowest BCUT2D eigenvalue weighted by Gasteiger charge is -2.34. The van der Waals surface area contributed by atoms with Crippen molar-refractivity contribution in [3.8, 4) is 39.5 Å². The van der Waals surface area contributed by atoms with Gasteiger partial charge in [-0.3, -0.25) is 14.2 Å². The largest absolute Gasteiger partial charge is 0.464 e. The predicted molar refractivity (Wildman–Crippen MR) is 264 cm³/mol. The van der Waals surface area contributed by atoms with Crippen molar-refractivity contribution in [2.24, 2.45) is 11.8 Å². The Bertz CT molecular complexity index is 2970. The van der Waals surface area contributed by atoms with E-state index in [1.54, 1.807) is 28.6 Å². The van der Waals surface area contributed by atoms with Crippen LogP contribution in [0.1, 0.15) is 112 Å². The lowest BCUT2D eigenvalue weighted by atomic mass is 9.90. The van der Waals surface area contributed by atoms with E-state index in [0.717, 1.165) is 46.3 Å². The van der Waals surface area contributed by atoms with Gasteiger partial charge in [0.25, 0.3) is 0 Å². The number of nitrogens with zero attached hydrogens (tertiary/aromatic N) is 5. The Morgan fingerprint density at radius 2 is 1.44 bits per heavy atom. The van der Waals surface area contributed by atoms with Gasteiger partial charge in [0.2, 0.25) is 18.0 Å². The number of benzene rings is 2. The normalized spacial score (nSPS) is 19.9. The molecule has 0 saturated carbocycles. The van der Waals surface area contributed by atoms with Gasteiger partial charge in [-0.1, -0.05) is 33.8 Å². The molecule has 0 aliphatic carbocycles. The smallest absolute Gasteiger partial charge is 0.407 e. The Labute approximate surface area is 414 Å². The number of H-pyrrole nitrogens is 2. The maximum Gasteiger partial charge on any atom is 0.407 e. The summed E-state index contributed by atoms with van der Waals surface area (Å²) in [5, 5.41) is 6.39. The number of aromatic amines is 2. The van der Waals surface area contributed by atoms with Gasteiger partial charge in [0.15, 0.2) is 0 Å². The highest BCUT2D eigenvalue weighted by atomic mass is 32.1. The van der Waals surface area contributed by atoms with Crippen LogP contribution in [0.25, 0.3) is 44.7 Å². The van der Waals surface area contributed by atoms with Crippen molar-refractivity contribution in [2.75, 3.05) is 40.5 Å². The quantitative estimate of drug-likeness (QED) is 0.0917. The number of methoxy groups -OCH3 is 2. The van der Waals surface area contributed by atoms with Crippen LogP contribution in [0.5, 0.6) is 5.75 Å². The van der Waals surface area contributed by atoms with E-state index < -0.39 is 36.3 Å². The topological polar surface area (TPSA) is 198 Å². The fraction of sp³-hybridized carbons (Fsp3) is 0.462. The Hall–Kier alpha value is -6.73. The van der Waals surface area contributed by atoms with Gasteiger partial charge in [-0.15, -0.1) is 11.3 Å². The molecule has 19 heteroatoms. The van der Waals surface area contributed by atoms with Crippen LogP contribution in [0, 0.1) is 17.7 Å². The van der Waals surface area contributed by atoms with E-state index in [9.17, 15) is 19.2 Å². The summed E-state index contributed by atoms with van der Waals surface area (Å²) < 4.78 is 41.2.